The second kappa shape index (κ2) is 9.71. The lowest BCUT2D eigenvalue weighted by Gasteiger charge is -2.24. The molecule has 2 rings (SSSR count). The van der Waals surface area contributed by atoms with Gasteiger partial charge in [0.2, 0.25) is 5.88 Å². The minimum atomic E-state index is -2.95. The number of hydrogen-bond acceptors (Lipinski definition) is 6. The predicted octanol–water partition coefficient (Wildman–Crippen LogP) is 2.57. The van der Waals surface area contributed by atoms with Crippen LogP contribution in [0.3, 0.4) is 0 Å². The average Bonchev–Trinajstić information content (AvgIpc) is 2.72. The smallest absolute Gasteiger partial charge is 0.282 e. The standard InChI is InChI=1S/C18H20F3N5O3/c1-9(15(16(20)21)29-18(22)23-2)11-6-10(4-5-12(11)19)26-17(27)13-7-25-14(28-3)8-24-13/h4-9,15-16H,1-3H3,(H2,22,23)(H,26,27)/t9-,15+/m1/s1. The van der Waals surface area contributed by atoms with Gasteiger partial charge in [0.1, 0.15) is 11.5 Å². The predicted molar refractivity (Wildman–Crippen MR) is 99.8 cm³/mol. The van der Waals surface area contributed by atoms with Crippen LogP contribution in [0.15, 0.2) is 35.6 Å². The number of carbonyl (C=O) groups is 1. The number of nitrogens with zero attached hydrogens (tertiary/aromatic N) is 3. The number of nitrogens with two attached hydrogens (primary N) is 1. The van der Waals surface area contributed by atoms with E-state index in [9.17, 15) is 18.0 Å². The van der Waals surface area contributed by atoms with Crippen molar-refractivity contribution in [2.75, 3.05) is 19.5 Å². The zero-order valence-corrected chi connectivity index (χ0v) is 15.9. The second-order valence-corrected chi connectivity index (χ2v) is 5.90. The SMILES string of the molecule is C/N=C(/N)O[C@H](C(F)F)[C@H](C)c1cc(NC(=O)c2cnc(OC)cn2)ccc1F. The number of amides is 1. The van der Waals surface area contributed by atoms with Crippen molar-refractivity contribution < 1.29 is 27.4 Å². The summed E-state index contributed by atoms with van der Waals surface area (Å²) in [6, 6.07) is 3.15. The summed E-state index contributed by atoms with van der Waals surface area (Å²) in [4.78, 5) is 23.5. The van der Waals surface area contributed by atoms with Gasteiger partial charge in [0.05, 0.1) is 19.5 Å². The van der Waals surface area contributed by atoms with E-state index < -0.39 is 36.2 Å². The average molecular weight is 411 g/mol. The Morgan fingerprint density at radius 3 is 2.55 bits per heavy atom. The number of hydrogen-bond donors (Lipinski definition) is 2. The zero-order valence-electron chi connectivity index (χ0n) is 15.9. The van der Waals surface area contributed by atoms with Gasteiger partial charge in [-0.2, -0.15) is 0 Å². The molecule has 11 heteroatoms. The molecule has 3 N–H and O–H groups in total. The number of amidine groups is 1. The number of aliphatic imine (C=N–C) groups is 1. The maximum Gasteiger partial charge on any atom is 0.282 e. The number of halogens is 3. The summed E-state index contributed by atoms with van der Waals surface area (Å²) in [7, 11) is 2.68. The molecule has 0 bridgehead atoms. The van der Waals surface area contributed by atoms with E-state index in [4.69, 9.17) is 15.2 Å². The molecule has 0 saturated heterocycles. The Kier molecular flexibility index (Phi) is 7.34. The lowest BCUT2D eigenvalue weighted by atomic mass is 9.94. The molecule has 156 valence electrons. The maximum absolute atomic E-state index is 14.3. The molecule has 0 aliphatic rings. The molecular formula is C18H20F3N5O3. The molecule has 1 aromatic heterocycles. The minimum Gasteiger partial charge on any atom is -0.480 e. The van der Waals surface area contributed by atoms with E-state index in [-0.39, 0.29) is 22.8 Å². The van der Waals surface area contributed by atoms with Crippen molar-refractivity contribution in [2.24, 2.45) is 10.7 Å². The van der Waals surface area contributed by atoms with E-state index in [0.717, 1.165) is 6.07 Å². The van der Waals surface area contributed by atoms with Gasteiger partial charge in [-0.1, -0.05) is 6.92 Å². The highest BCUT2D eigenvalue weighted by atomic mass is 19.3. The molecule has 29 heavy (non-hydrogen) atoms. The Labute approximate surface area is 165 Å². The first-order valence-corrected chi connectivity index (χ1v) is 8.40. The summed E-state index contributed by atoms with van der Waals surface area (Å²) >= 11 is 0. The van der Waals surface area contributed by atoms with Crippen LogP contribution in [-0.2, 0) is 4.74 Å². The van der Waals surface area contributed by atoms with Crippen LogP contribution >= 0.6 is 0 Å². The number of alkyl halides is 2. The Balaban J connectivity index is 2.24. The molecule has 0 aliphatic heterocycles. The largest absolute Gasteiger partial charge is 0.480 e. The van der Waals surface area contributed by atoms with Crippen LogP contribution in [-0.4, -0.2) is 48.6 Å². The zero-order chi connectivity index (χ0) is 21.6. The third-order valence-corrected chi connectivity index (χ3v) is 4.03. The van der Waals surface area contributed by atoms with E-state index in [2.05, 4.69) is 20.3 Å². The Bertz CT molecular complexity index is 878. The van der Waals surface area contributed by atoms with Crippen molar-refractivity contribution in [3.63, 3.8) is 0 Å². The highest BCUT2D eigenvalue weighted by Gasteiger charge is 2.32. The molecule has 0 radical (unpaired) electrons. The van der Waals surface area contributed by atoms with Crippen LogP contribution in [0.1, 0.15) is 28.9 Å². The fourth-order valence-corrected chi connectivity index (χ4v) is 2.45. The third kappa shape index (κ3) is 5.56. The lowest BCUT2D eigenvalue weighted by Crippen LogP contribution is -2.34. The quantitative estimate of drug-likeness (QED) is 0.535. The minimum absolute atomic E-state index is 0.00885. The fourth-order valence-electron chi connectivity index (χ4n) is 2.45. The molecule has 1 amide bonds. The van der Waals surface area contributed by atoms with Crippen molar-refractivity contribution in [1.82, 2.24) is 9.97 Å². The summed E-state index contributed by atoms with van der Waals surface area (Å²) in [5.74, 6) is -2.21. The molecule has 2 aromatic rings. The molecule has 2 atom stereocenters. The Morgan fingerprint density at radius 2 is 2.00 bits per heavy atom. The van der Waals surface area contributed by atoms with Crippen LogP contribution in [0.25, 0.3) is 0 Å². The van der Waals surface area contributed by atoms with Crippen LogP contribution in [0.2, 0.25) is 0 Å². The topological polar surface area (TPSA) is 112 Å². The Hall–Kier alpha value is -3.37. The summed E-state index contributed by atoms with van der Waals surface area (Å²) in [6.45, 7) is 1.36. The molecule has 8 nitrogen and oxygen atoms in total. The van der Waals surface area contributed by atoms with Crippen molar-refractivity contribution in [1.29, 1.82) is 0 Å². The van der Waals surface area contributed by atoms with E-state index in [1.165, 1.54) is 45.6 Å². The number of carbonyl (C=O) groups excluding carboxylic acids is 1. The van der Waals surface area contributed by atoms with Gasteiger partial charge >= 0.3 is 0 Å². The van der Waals surface area contributed by atoms with Gasteiger partial charge in [-0.05, 0) is 23.8 Å². The molecule has 0 aliphatic carbocycles. The van der Waals surface area contributed by atoms with E-state index in [1.54, 1.807) is 0 Å². The van der Waals surface area contributed by atoms with Gasteiger partial charge in [0.15, 0.2) is 6.10 Å². The molecule has 0 saturated carbocycles. The van der Waals surface area contributed by atoms with E-state index in [1.807, 2.05) is 0 Å². The van der Waals surface area contributed by atoms with Crippen LogP contribution < -0.4 is 15.8 Å². The van der Waals surface area contributed by atoms with Crippen molar-refractivity contribution in [3.8, 4) is 5.88 Å². The van der Waals surface area contributed by atoms with E-state index >= 15 is 0 Å². The van der Waals surface area contributed by atoms with Gasteiger partial charge in [-0.25, -0.2) is 28.1 Å². The number of nitrogens with one attached hydrogen (secondary N) is 1. The summed E-state index contributed by atoms with van der Waals surface area (Å²) < 4.78 is 50.9. The summed E-state index contributed by atoms with van der Waals surface area (Å²) in [6.07, 6.45) is -2.21. The lowest BCUT2D eigenvalue weighted by molar-refractivity contribution is -0.00972. The van der Waals surface area contributed by atoms with Gasteiger partial charge < -0.3 is 20.5 Å². The highest BCUT2D eigenvalue weighted by Crippen LogP contribution is 2.30. The van der Waals surface area contributed by atoms with Gasteiger partial charge in [-0.3, -0.25) is 4.79 Å². The maximum atomic E-state index is 14.3. The van der Waals surface area contributed by atoms with Gasteiger partial charge in [0, 0.05) is 18.7 Å². The molecular weight excluding hydrogens is 391 g/mol. The Morgan fingerprint density at radius 1 is 1.28 bits per heavy atom. The highest BCUT2D eigenvalue weighted by molar-refractivity contribution is 6.02. The normalized spacial score (nSPS) is 13.7. The van der Waals surface area contributed by atoms with Crippen molar-refractivity contribution >= 4 is 17.6 Å². The van der Waals surface area contributed by atoms with Gasteiger partial charge in [0.25, 0.3) is 18.4 Å². The molecule has 0 fully saturated rings. The van der Waals surface area contributed by atoms with Crippen LogP contribution in [0.4, 0.5) is 18.9 Å². The summed E-state index contributed by atoms with van der Waals surface area (Å²) in [5.41, 5.74) is 5.46. The van der Waals surface area contributed by atoms with Crippen molar-refractivity contribution in [3.05, 3.63) is 47.7 Å². The number of methoxy groups -OCH3 is 1. The first-order chi connectivity index (χ1) is 13.8. The number of benzene rings is 1. The fraction of sp³-hybridized carbons (Fsp3) is 0.333. The van der Waals surface area contributed by atoms with Crippen LogP contribution in [0.5, 0.6) is 5.88 Å². The van der Waals surface area contributed by atoms with Crippen molar-refractivity contribution in [2.45, 2.75) is 25.4 Å². The first kappa shape index (κ1) is 21.9. The monoisotopic (exact) mass is 411 g/mol. The summed E-state index contributed by atoms with van der Waals surface area (Å²) in [5, 5.41) is 2.51. The molecule has 0 unspecified atom stereocenters. The van der Waals surface area contributed by atoms with E-state index in [0.29, 0.717) is 0 Å². The number of aromatic nitrogens is 2. The third-order valence-electron chi connectivity index (χ3n) is 4.03. The number of rotatable bonds is 7. The molecule has 1 heterocycles. The number of anilines is 1. The first-order valence-electron chi connectivity index (χ1n) is 8.40. The van der Waals surface area contributed by atoms with Crippen LogP contribution in [0, 0.1) is 5.82 Å². The molecule has 0 spiro atoms. The second-order valence-electron chi connectivity index (χ2n) is 5.90. The number of ether oxygens (including phenoxy) is 2. The van der Waals surface area contributed by atoms with Gasteiger partial charge in [-0.15, -0.1) is 0 Å². The molecule has 1 aromatic carbocycles.